The van der Waals surface area contributed by atoms with E-state index in [-0.39, 0.29) is 18.5 Å². The predicted octanol–water partition coefficient (Wildman–Crippen LogP) is 3.53. The zero-order valence-corrected chi connectivity index (χ0v) is 14.5. The smallest absolute Gasteiger partial charge is 0.338 e. The number of carbonyl (C=O) groups is 2. The number of benzene rings is 1. The lowest BCUT2D eigenvalue weighted by molar-refractivity contribution is -0.121. The molecule has 0 bridgehead atoms. The zero-order valence-electron chi connectivity index (χ0n) is 12.4. The Kier molecular flexibility index (Phi) is 9.05. The number of amides is 1. The maximum atomic E-state index is 11.7. The Balaban J connectivity index is 2.12. The van der Waals surface area contributed by atoms with E-state index in [1.54, 1.807) is 12.1 Å². The molecule has 0 aliphatic heterocycles. The molecule has 0 aliphatic carbocycles. The highest BCUT2D eigenvalue weighted by atomic mass is 127. The average Bonchev–Trinajstić information content (AvgIpc) is 2.48. The fourth-order valence-electron chi connectivity index (χ4n) is 1.80. The highest BCUT2D eigenvalue weighted by molar-refractivity contribution is 14.1. The minimum atomic E-state index is -0.358. The van der Waals surface area contributed by atoms with Crippen LogP contribution in [0.2, 0.25) is 0 Å². The summed E-state index contributed by atoms with van der Waals surface area (Å²) in [7, 11) is 0. The molecule has 0 aliphatic rings. The van der Waals surface area contributed by atoms with E-state index in [9.17, 15) is 9.59 Å². The van der Waals surface area contributed by atoms with Gasteiger partial charge in [0.25, 0.3) is 0 Å². The Bertz CT molecular complexity index is 445. The van der Waals surface area contributed by atoms with Gasteiger partial charge in [0.2, 0.25) is 5.91 Å². The second-order valence-electron chi connectivity index (χ2n) is 4.80. The summed E-state index contributed by atoms with van der Waals surface area (Å²) >= 11 is 2.18. The summed E-state index contributed by atoms with van der Waals surface area (Å²) in [6.45, 7) is 2.70. The van der Waals surface area contributed by atoms with Crippen LogP contribution in [0.4, 0.5) is 0 Å². The van der Waals surface area contributed by atoms with E-state index in [4.69, 9.17) is 4.74 Å². The van der Waals surface area contributed by atoms with E-state index < -0.39 is 0 Å². The van der Waals surface area contributed by atoms with Crippen molar-refractivity contribution in [1.29, 1.82) is 0 Å². The number of hydrogen-bond donors (Lipinski definition) is 1. The van der Waals surface area contributed by atoms with Crippen molar-refractivity contribution in [1.82, 2.24) is 5.32 Å². The van der Waals surface area contributed by atoms with Gasteiger partial charge in [-0.25, -0.2) is 4.79 Å². The summed E-state index contributed by atoms with van der Waals surface area (Å²) in [5, 5.41) is 2.76. The molecule has 0 heterocycles. The molecule has 1 aromatic rings. The predicted molar refractivity (Wildman–Crippen MR) is 91.2 cm³/mol. The molecule has 5 heteroatoms. The first kappa shape index (κ1) is 17.9. The molecule has 21 heavy (non-hydrogen) atoms. The number of ether oxygens (including phenoxy) is 1. The number of rotatable bonds is 9. The molecule has 1 rings (SSSR count). The van der Waals surface area contributed by atoms with Gasteiger partial charge in [0, 0.05) is 9.99 Å². The van der Waals surface area contributed by atoms with Gasteiger partial charge in [-0.1, -0.05) is 26.2 Å². The lowest BCUT2D eigenvalue weighted by Crippen LogP contribution is -2.27. The van der Waals surface area contributed by atoms with Crippen molar-refractivity contribution in [2.45, 2.75) is 39.0 Å². The second kappa shape index (κ2) is 10.6. The van der Waals surface area contributed by atoms with E-state index in [0.717, 1.165) is 22.8 Å². The monoisotopic (exact) mass is 403 g/mol. The Labute approximate surface area is 139 Å². The number of nitrogens with one attached hydrogen (secondary N) is 1. The first-order valence-corrected chi connectivity index (χ1v) is 8.40. The first-order chi connectivity index (χ1) is 10.1. The standard InChI is InChI=1S/C16H22INO3/c1-2-3-4-5-6-15(19)18-11-12-21-16(20)13-7-9-14(17)10-8-13/h7-10H,2-6,11-12H2,1H3,(H,18,19). The summed E-state index contributed by atoms with van der Waals surface area (Å²) in [6, 6.07) is 7.18. The lowest BCUT2D eigenvalue weighted by atomic mass is 10.1. The van der Waals surface area contributed by atoms with Gasteiger partial charge in [0.05, 0.1) is 12.1 Å². The Morgan fingerprint density at radius 2 is 1.86 bits per heavy atom. The van der Waals surface area contributed by atoms with Crippen LogP contribution >= 0.6 is 22.6 Å². The fourth-order valence-corrected chi connectivity index (χ4v) is 2.16. The third-order valence-electron chi connectivity index (χ3n) is 2.99. The number of hydrogen-bond acceptors (Lipinski definition) is 3. The van der Waals surface area contributed by atoms with Gasteiger partial charge in [-0.3, -0.25) is 4.79 Å². The van der Waals surface area contributed by atoms with Gasteiger partial charge < -0.3 is 10.1 Å². The number of esters is 1. The minimum absolute atomic E-state index is 0.0245. The van der Waals surface area contributed by atoms with E-state index in [0.29, 0.717) is 18.5 Å². The quantitative estimate of drug-likeness (QED) is 0.390. The van der Waals surface area contributed by atoms with Gasteiger partial charge >= 0.3 is 5.97 Å². The van der Waals surface area contributed by atoms with Crippen LogP contribution in [0, 0.1) is 3.57 Å². The molecular weight excluding hydrogens is 381 g/mol. The van der Waals surface area contributed by atoms with Crippen molar-refractivity contribution in [3.63, 3.8) is 0 Å². The molecule has 0 radical (unpaired) electrons. The molecule has 1 aromatic carbocycles. The van der Waals surface area contributed by atoms with Crippen molar-refractivity contribution in [2.75, 3.05) is 13.2 Å². The van der Waals surface area contributed by atoms with Crippen LogP contribution in [0.1, 0.15) is 49.4 Å². The number of unbranched alkanes of at least 4 members (excludes halogenated alkanes) is 3. The highest BCUT2D eigenvalue weighted by Gasteiger charge is 2.06. The van der Waals surface area contributed by atoms with E-state index >= 15 is 0 Å². The maximum absolute atomic E-state index is 11.7. The highest BCUT2D eigenvalue weighted by Crippen LogP contribution is 2.07. The van der Waals surface area contributed by atoms with Gasteiger partial charge in [-0.15, -0.1) is 0 Å². The number of carbonyl (C=O) groups excluding carboxylic acids is 2. The van der Waals surface area contributed by atoms with Crippen LogP contribution in [-0.2, 0) is 9.53 Å². The zero-order chi connectivity index (χ0) is 15.5. The average molecular weight is 403 g/mol. The molecule has 0 atom stereocenters. The minimum Gasteiger partial charge on any atom is -0.460 e. The molecule has 0 unspecified atom stereocenters. The van der Waals surface area contributed by atoms with E-state index in [1.165, 1.54) is 6.42 Å². The molecule has 4 nitrogen and oxygen atoms in total. The lowest BCUT2D eigenvalue weighted by Gasteiger charge is -2.07. The number of halogens is 1. The van der Waals surface area contributed by atoms with Gasteiger partial charge in [0.1, 0.15) is 6.61 Å². The van der Waals surface area contributed by atoms with Crippen molar-refractivity contribution in [3.8, 4) is 0 Å². The van der Waals surface area contributed by atoms with Gasteiger partial charge in [-0.2, -0.15) is 0 Å². The van der Waals surface area contributed by atoms with E-state index in [2.05, 4.69) is 34.8 Å². The second-order valence-corrected chi connectivity index (χ2v) is 6.05. The Morgan fingerprint density at radius 3 is 2.52 bits per heavy atom. The van der Waals surface area contributed by atoms with Crippen LogP contribution < -0.4 is 5.32 Å². The first-order valence-electron chi connectivity index (χ1n) is 7.33. The normalized spacial score (nSPS) is 10.2. The summed E-state index contributed by atoms with van der Waals surface area (Å²) < 4.78 is 6.17. The largest absolute Gasteiger partial charge is 0.460 e. The third-order valence-corrected chi connectivity index (χ3v) is 3.71. The molecule has 116 valence electrons. The van der Waals surface area contributed by atoms with Crippen molar-refractivity contribution < 1.29 is 14.3 Å². The summed E-state index contributed by atoms with van der Waals surface area (Å²) in [4.78, 5) is 23.2. The Hall–Kier alpha value is -1.11. The van der Waals surface area contributed by atoms with Crippen LogP contribution in [0.3, 0.4) is 0 Å². The van der Waals surface area contributed by atoms with Crippen LogP contribution in [0.25, 0.3) is 0 Å². The molecule has 1 N–H and O–H groups in total. The fraction of sp³-hybridized carbons (Fsp3) is 0.500. The molecule has 1 amide bonds. The summed E-state index contributed by atoms with van der Waals surface area (Å²) in [5.74, 6) is -0.333. The third kappa shape index (κ3) is 8.04. The van der Waals surface area contributed by atoms with Crippen LogP contribution in [0.5, 0.6) is 0 Å². The van der Waals surface area contributed by atoms with Crippen LogP contribution in [0.15, 0.2) is 24.3 Å². The van der Waals surface area contributed by atoms with Gasteiger partial charge in [-0.05, 0) is 53.3 Å². The molecule has 0 saturated carbocycles. The van der Waals surface area contributed by atoms with E-state index in [1.807, 2.05) is 12.1 Å². The van der Waals surface area contributed by atoms with Crippen LogP contribution in [-0.4, -0.2) is 25.0 Å². The molecule has 0 fully saturated rings. The maximum Gasteiger partial charge on any atom is 0.338 e. The Morgan fingerprint density at radius 1 is 1.14 bits per heavy atom. The van der Waals surface area contributed by atoms with Crippen molar-refractivity contribution >= 4 is 34.5 Å². The molecule has 0 saturated heterocycles. The SMILES string of the molecule is CCCCCCC(=O)NCCOC(=O)c1ccc(I)cc1. The van der Waals surface area contributed by atoms with Crippen molar-refractivity contribution in [2.24, 2.45) is 0 Å². The molecule has 0 spiro atoms. The molecular formula is C16H22INO3. The van der Waals surface area contributed by atoms with Crippen molar-refractivity contribution in [3.05, 3.63) is 33.4 Å². The molecule has 0 aromatic heterocycles. The summed E-state index contributed by atoms with van der Waals surface area (Å²) in [5.41, 5.74) is 0.529. The van der Waals surface area contributed by atoms with Gasteiger partial charge in [0.15, 0.2) is 0 Å². The topological polar surface area (TPSA) is 55.4 Å². The summed E-state index contributed by atoms with van der Waals surface area (Å²) in [6.07, 6.45) is 4.88.